The monoisotopic (exact) mass is 200 g/mol. The van der Waals surface area contributed by atoms with Crippen molar-refractivity contribution in [1.29, 1.82) is 0 Å². The molecule has 80 valence electrons. The molecule has 0 spiro atoms. The lowest BCUT2D eigenvalue weighted by atomic mass is 10.2. The highest BCUT2D eigenvalue weighted by atomic mass is 16.5. The topological polar surface area (TPSA) is 52.6 Å². The van der Waals surface area contributed by atoms with Gasteiger partial charge in [-0.15, -0.1) is 0 Å². The number of rotatable bonds is 4. The average Bonchev–Trinajstić information content (AvgIpc) is 2.09. The van der Waals surface area contributed by atoms with Crippen LogP contribution in [0.5, 0.6) is 0 Å². The van der Waals surface area contributed by atoms with E-state index in [9.17, 15) is 9.59 Å². The van der Waals surface area contributed by atoms with Crippen molar-refractivity contribution < 1.29 is 19.1 Å². The number of hydrogen-bond acceptors (Lipinski definition) is 4. The van der Waals surface area contributed by atoms with Gasteiger partial charge >= 0.3 is 11.9 Å². The molecule has 0 saturated heterocycles. The Bertz CT molecular complexity index is 227. The van der Waals surface area contributed by atoms with Gasteiger partial charge in [0.25, 0.3) is 0 Å². The van der Waals surface area contributed by atoms with Gasteiger partial charge in [0, 0.05) is 13.8 Å². The van der Waals surface area contributed by atoms with E-state index in [1.54, 1.807) is 0 Å². The first-order valence-electron chi connectivity index (χ1n) is 4.35. The maximum atomic E-state index is 10.5. The Hall–Kier alpha value is -1.32. The molecule has 4 nitrogen and oxygen atoms in total. The third kappa shape index (κ3) is 6.22. The molecule has 0 unspecified atom stereocenters. The minimum atomic E-state index is -0.315. The van der Waals surface area contributed by atoms with Gasteiger partial charge in [-0.3, -0.25) is 9.59 Å². The molecule has 14 heavy (non-hydrogen) atoms. The van der Waals surface area contributed by atoms with Gasteiger partial charge in [0.1, 0.15) is 13.2 Å². The van der Waals surface area contributed by atoms with Gasteiger partial charge in [-0.05, 0) is 25.0 Å². The van der Waals surface area contributed by atoms with Crippen molar-refractivity contribution in [2.24, 2.45) is 0 Å². The van der Waals surface area contributed by atoms with E-state index in [-0.39, 0.29) is 25.2 Å². The summed E-state index contributed by atoms with van der Waals surface area (Å²) in [5, 5.41) is 0. The van der Waals surface area contributed by atoms with Gasteiger partial charge in [-0.25, -0.2) is 0 Å². The Morgan fingerprint density at radius 3 is 1.29 bits per heavy atom. The predicted molar refractivity (Wildman–Crippen MR) is 51.6 cm³/mol. The molecular formula is C10H16O4. The largest absolute Gasteiger partial charge is 0.461 e. The van der Waals surface area contributed by atoms with Crippen LogP contribution in [0, 0.1) is 0 Å². The Morgan fingerprint density at radius 1 is 0.786 bits per heavy atom. The van der Waals surface area contributed by atoms with Gasteiger partial charge in [-0.2, -0.15) is 0 Å². The highest BCUT2D eigenvalue weighted by Gasteiger charge is 2.01. The zero-order chi connectivity index (χ0) is 11.1. The zero-order valence-electron chi connectivity index (χ0n) is 9.05. The maximum Gasteiger partial charge on any atom is 0.302 e. The Kier molecular flexibility index (Phi) is 5.60. The lowest BCUT2D eigenvalue weighted by molar-refractivity contribution is -0.141. The van der Waals surface area contributed by atoms with Gasteiger partial charge in [0.15, 0.2) is 0 Å². The molecule has 0 aliphatic rings. The van der Waals surface area contributed by atoms with E-state index in [1.807, 2.05) is 13.8 Å². The highest BCUT2D eigenvalue weighted by molar-refractivity contribution is 5.66. The predicted octanol–water partition coefficient (Wildman–Crippen LogP) is 1.45. The lowest BCUT2D eigenvalue weighted by Gasteiger charge is -2.07. The second-order valence-electron chi connectivity index (χ2n) is 3.12. The second-order valence-corrected chi connectivity index (χ2v) is 3.12. The van der Waals surface area contributed by atoms with Crippen LogP contribution in [-0.4, -0.2) is 25.2 Å². The normalized spacial score (nSPS) is 11.7. The fourth-order valence-electron chi connectivity index (χ4n) is 0.666. The van der Waals surface area contributed by atoms with Gasteiger partial charge in [0.05, 0.1) is 0 Å². The van der Waals surface area contributed by atoms with Crippen molar-refractivity contribution in [2.75, 3.05) is 13.2 Å². The van der Waals surface area contributed by atoms with E-state index < -0.39 is 0 Å². The van der Waals surface area contributed by atoms with E-state index in [0.29, 0.717) is 0 Å². The van der Waals surface area contributed by atoms with Crippen LogP contribution >= 0.6 is 0 Å². The van der Waals surface area contributed by atoms with E-state index in [0.717, 1.165) is 11.1 Å². The van der Waals surface area contributed by atoms with Crippen molar-refractivity contribution in [2.45, 2.75) is 27.7 Å². The van der Waals surface area contributed by atoms with Crippen molar-refractivity contribution in [3.8, 4) is 0 Å². The molecule has 0 N–H and O–H groups in total. The van der Waals surface area contributed by atoms with Crippen LogP contribution in [0.15, 0.2) is 11.1 Å². The van der Waals surface area contributed by atoms with Gasteiger partial charge in [0.2, 0.25) is 0 Å². The Morgan fingerprint density at radius 2 is 1.07 bits per heavy atom. The molecule has 0 heterocycles. The number of hydrogen-bond donors (Lipinski definition) is 0. The summed E-state index contributed by atoms with van der Waals surface area (Å²) in [6.07, 6.45) is 0. The minimum Gasteiger partial charge on any atom is -0.461 e. The lowest BCUT2D eigenvalue weighted by Crippen LogP contribution is -2.07. The van der Waals surface area contributed by atoms with E-state index in [1.165, 1.54) is 13.8 Å². The minimum absolute atomic E-state index is 0.252. The molecular weight excluding hydrogens is 184 g/mol. The molecule has 0 aromatic heterocycles. The summed E-state index contributed by atoms with van der Waals surface area (Å²) in [6.45, 7) is 6.89. The quantitative estimate of drug-likeness (QED) is 0.509. The fraction of sp³-hybridized carbons (Fsp3) is 0.600. The maximum absolute atomic E-state index is 10.5. The van der Waals surface area contributed by atoms with Crippen LogP contribution in [0.2, 0.25) is 0 Å². The molecule has 4 heteroatoms. The molecule has 0 fully saturated rings. The molecule has 0 rings (SSSR count). The molecule has 0 aromatic carbocycles. The van der Waals surface area contributed by atoms with Crippen molar-refractivity contribution in [3.05, 3.63) is 11.1 Å². The number of carbonyl (C=O) groups is 2. The number of ether oxygens (including phenoxy) is 2. The van der Waals surface area contributed by atoms with Gasteiger partial charge in [-0.1, -0.05) is 0 Å². The molecule has 0 radical (unpaired) electrons. The average molecular weight is 200 g/mol. The fourth-order valence-corrected chi connectivity index (χ4v) is 0.666. The van der Waals surface area contributed by atoms with E-state index in [2.05, 4.69) is 0 Å². The molecule has 0 aliphatic carbocycles. The van der Waals surface area contributed by atoms with Crippen LogP contribution in [0.4, 0.5) is 0 Å². The summed E-state index contributed by atoms with van der Waals surface area (Å²) in [5.74, 6) is -0.630. The number of esters is 2. The van der Waals surface area contributed by atoms with Crippen molar-refractivity contribution >= 4 is 11.9 Å². The Labute approximate surface area is 83.9 Å². The van der Waals surface area contributed by atoms with E-state index >= 15 is 0 Å². The third-order valence-electron chi connectivity index (χ3n) is 1.71. The molecule has 0 saturated carbocycles. The van der Waals surface area contributed by atoms with Crippen LogP contribution < -0.4 is 0 Å². The molecule has 0 bridgehead atoms. The first kappa shape index (κ1) is 12.7. The zero-order valence-corrected chi connectivity index (χ0v) is 9.05. The Balaban J connectivity index is 4.01. The molecule has 0 atom stereocenters. The summed E-state index contributed by atoms with van der Waals surface area (Å²) in [7, 11) is 0. The van der Waals surface area contributed by atoms with Gasteiger partial charge < -0.3 is 9.47 Å². The second kappa shape index (κ2) is 6.18. The SMILES string of the molecule is CC(=O)OC/C(C)=C(/C)COC(C)=O. The first-order chi connectivity index (χ1) is 6.43. The number of carbonyl (C=O) groups excluding carboxylic acids is 2. The van der Waals surface area contributed by atoms with Crippen molar-refractivity contribution in [3.63, 3.8) is 0 Å². The van der Waals surface area contributed by atoms with E-state index in [4.69, 9.17) is 9.47 Å². The smallest absolute Gasteiger partial charge is 0.302 e. The summed E-state index contributed by atoms with van der Waals surface area (Å²) in [5.41, 5.74) is 1.81. The third-order valence-corrected chi connectivity index (χ3v) is 1.71. The van der Waals surface area contributed by atoms with Crippen molar-refractivity contribution in [1.82, 2.24) is 0 Å². The first-order valence-corrected chi connectivity index (χ1v) is 4.35. The van der Waals surface area contributed by atoms with Crippen LogP contribution in [0.3, 0.4) is 0 Å². The van der Waals surface area contributed by atoms with Crippen LogP contribution in [-0.2, 0) is 19.1 Å². The summed E-state index contributed by atoms with van der Waals surface area (Å²) >= 11 is 0. The summed E-state index contributed by atoms with van der Waals surface area (Å²) in [6, 6.07) is 0. The molecule has 0 amide bonds. The van der Waals surface area contributed by atoms with Crippen LogP contribution in [0.1, 0.15) is 27.7 Å². The molecule has 0 aliphatic heterocycles. The summed E-state index contributed by atoms with van der Waals surface area (Å²) in [4.78, 5) is 21.0. The standard InChI is InChI=1S/C10H16O4/c1-7(5-13-9(3)11)8(2)6-14-10(4)12/h5-6H2,1-4H3/b8-7-. The highest BCUT2D eigenvalue weighted by Crippen LogP contribution is 2.04. The molecule has 0 aromatic rings. The summed E-state index contributed by atoms with van der Waals surface area (Å²) < 4.78 is 9.59. The van der Waals surface area contributed by atoms with Crippen LogP contribution in [0.25, 0.3) is 0 Å².